The minimum Gasteiger partial charge on any atom is -0.497 e. The predicted molar refractivity (Wildman–Crippen MR) is 120 cm³/mol. The molecule has 0 amide bonds. The van der Waals surface area contributed by atoms with Crippen LogP contribution in [0.1, 0.15) is 5.56 Å². The van der Waals surface area contributed by atoms with Crippen molar-refractivity contribution in [2.75, 3.05) is 7.11 Å². The number of halogens is 3. The largest absolute Gasteiger partial charge is 0.497 e. The van der Waals surface area contributed by atoms with Gasteiger partial charge in [0, 0.05) is 11.1 Å². The van der Waals surface area contributed by atoms with Gasteiger partial charge in [0.15, 0.2) is 0 Å². The van der Waals surface area contributed by atoms with Crippen molar-refractivity contribution in [1.82, 2.24) is 19.7 Å². The van der Waals surface area contributed by atoms with Gasteiger partial charge in [-0.25, -0.2) is 9.36 Å². The molecule has 0 saturated heterocycles. The smallest absolute Gasteiger partial charge is 0.416 e. The number of rotatable bonds is 4. The Balaban J connectivity index is 1.53. The van der Waals surface area contributed by atoms with Gasteiger partial charge in [-0.1, -0.05) is 17.3 Å². The van der Waals surface area contributed by atoms with Crippen molar-refractivity contribution in [3.05, 3.63) is 93.1 Å². The maximum absolute atomic E-state index is 13.0. The number of fused-ring (bicyclic) bond motifs is 1. The van der Waals surface area contributed by atoms with Crippen molar-refractivity contribution < 1.29 is 22.4 Å². The molecule has 0 unspecified atom stereocenters. The normalized spacial score (nSPS) is 11.7. The maximum atomic E-state index is 13.0. The molecule has 35 heavy (non-hydrogen) atoms. The Hall–Kier alpha value is -4.67. The van der Waals surface area contributed by atoms with Crippen LogP contribution in [0.25, 0.3) is 39.4 Å². The van der Waals surface area contributed by atoms with Crippen molar-refractivity contribution >= 4 is 10.9 Å². The molecule has 1 N–H and O–H groups in total. The fraction of sp³-hybridized carbons (Fsp3) is 0.0833. The second-order valence-electron chi connectivity index (χ2n) is 7.53. The summed E-state index contributed by atoms with van der Waals surface area (Å²) in [5.41, 5.74) is -0.910. The summed E-state index contributed by atoms with van der Waals surface area (Å²) in [7, 11) is 1.51. The van der Waals surface area contributed by atoms with Crippen LogP contribution in [0.4, 0.5) is 13.2 Å². The van der Waals surface area contributed by atoms with Gasteiger partial charge in [0.2, 0.25) is 5.82 Å². The van der Waals surface area contributed by atoms with Crippen LogP contribution in [0.5, 0.6) is 5.75 Å². The third-order valence-corrected chi connectivity index (χ3v) is 5.35. The molecule has 5 aromatic rings. The maximum Gasteiger partial charge on any atom is 0.416 e. The Morgan fingerprint density at radius 1 is 0.971 bits per heavy atom. The molecule has 0 bridgehead atoms. The number of ether oxygens (including phenoxy) is 1. The van der Waals surface area contributed by atoms with Crippen molar-refractivity contribution in [1.29, 1.82) is 0 Å². The lowest BCUT2D eigenvalue weighted by molar-refractivity contribution is -0.137. The molecule has 0 aliphatic rings. The van der Waals surface area contributed by atoms with Crippen LogP contribution >= 0.6 is 0 Å². The van der Waals surface area contributed by atoms with E-state index < -0.39 is 23.0 Å². The van der Waals surface area contributed by atoms with E-state index >= 15 is 0 Å². The molecule has 0 aliphatic heterocycles. The lowest BCUT2D eigenvalue weighted by atomic mass is 10.1. The minimum atomic E-state index is -4.51. The molecule has 0 radical (unpaired) electrons. The fourth-order valence-electron chi connectivity index (χ4n) is 3.61. The van der Waals surface area contributed by atoms with Gasteiger partial charge in [-0.3, -0.25) is 4.79 Å². The van der Waals surface area contributed by atoms with Crippen LogP contribution < -0.4 is 16.0 Å². The van der Waals surface area contributed by atoms with E-state index in [9.17, 15) is 22.8 Å². The number of aromatic nitrogens is 4. The molecule has 0 fully saturated rings. The Morgan fingerprint density at radius 2 is 1.74 bits per heavy atom. The number of aromatic amines is 1. The van der Waals surface area contributed by atoms with Crippen molar-refractivity contribution in [2.45, 2.75) is 6.18 Å². The van der Waals surface area contributed by atoms with Gasteiger partial charge in [0.05, 0.1) is 29.3 Å². The third kappa shape index (κ3) is 4.07. The van der Waals surface area contributed by atoms with Gasteiger partial charge >= 0.3 is 11.9 Å². The topological polar surface area (TPSA) is 103 Å². The summed E-state index contributed by atoms with van der Waals surface area (Å²) in [6.45, 7) is 0. The van der Waals surface area contributed by atoms with Gasteiger partial charge in [-0.15, -0.1) is 0 Å². The second kappa shape index (κ2) is 8.28. The van der Waals surface area contributed by atoms with Crippen molar-refractivity contribution in [3.8, 4) is 34.3 Å². The minimum absolute atomic E-state index is 0.0134. The molecule has 0 aliphatic carbocycles. The highest BCUT2D eigenvalue weighted by Gasteiger charge is 2.30. The standard InChI is InChI=1S/C24H15F3N4O4/c1-34-17-8-6-16(7-9-17)31-22(32)18-10-5-14(12-19(18)28-23(31)33)21-29-20(30-35-21)13-3-2-4-15(11-13)24(25,26)27/h2-12H,1H3,(H,28,33). The molecule has 176 valence electrons. The third-order valence-electron chi connectivity index (χ3n) is 5.35. The average molecular weight is 480 g/mol. The van der Waals surface area contributed by atoms with Gasteiger partial charge in [0.1, 0.15) is 5.75 Å². The van der Waals surface area contributed by atoms with E-state index in [1.54, 1.807) is 30.3 Å². The Bertz CT molecular complexity index is 1670. The lowest BCUT2D eigenvalue weighted by Crippen LogP contribution is -2.33. The number of H-pyrrole nitrogens is 1. The first-order valence-corrected chi connectivity index (χ1v) is 10.2. The highest BCUT2D eigenvalue weighted by atomic mass is 19.4. The van der Waals surface area contributed by atoms with E-state index in [1.807, 2.05) is 0 Å². The van der Waals surface area contributed by atoms with Crippen LogP contribution in [0.2, 0.25) is 0 Å². The average Bonchev–Trinajstić information content (AvgIpc) is 3.34. The molecule has 2 heterocycles. The molecule has 11 heteroatoms. The molecule has 0 saturated carbocycles. The molecular formula is C24H15F3N4O4. The summed E-state index contributed by atoms with van der Waals surface area (Å²) in [5, 5.41) is 4.01. The number of methoxy groups -OCH3 is 1. The summed E-state index contributed by atoms with van der Waals surface area (Å²) < 4.78 is 50.4. The quantitative estimate of drug-likeness (QED) is 0.409. The van der Waals surface area contributed by atoms with Crippen LogP contribution in [0.15, 0.2) is 80.8 Å². The van der Waals surface area contributed by atoms with Gasteiger partial charge in [-0.2, -0.15) is 18.2 Å². The van der Waals surface area contributed by atoms with Crippen molar-refractivity contribution in [2.24, 2.45) is 0 Å². The summed E-state index contributed by atoms with van der Waals surface area (Å²) in [6, 6.07) is 15.5. The van der Waals surface area contributed by atoms with E-state index in [2.05, 4.69) is 15.1 Å². The number of alkyl halides is 3. The molecule has 2 aromatic heterocycles. The molecule has 0 atom stereocenters. The zero-order chi connectivity index (χ0) is 24.7. The summed E-state index contributed by atoms with van der Waals surface area (Å²) in [6.07, 6.45) is -4.51. The fourth-order valence-corrected chi connectivity index (χ4v) is 3.61. The second-order valence-corrected chi connectivity index (χ2v) is 7.53. The summed E-state index contributed by atoms with van der Waals surface area (Å²) >= 11 is 0. The van der Waals surface area contributed by atoms with Crippen LogP contribution in [0, 0.1) is 0 Å². The number of hydrogen-bond acceptors (Lipinski definition) is 6. The van der Waals surface area contributed by atoms with E-state index in [4.69, 9.17) is 9.26 Å². The lowest BCUT2D eigenvalue weighted by Gasteiger charge is -2.08. The number of nitrogens with one attached hydrogen (secondary N) is 1. The monoisotopic (exact) mass is 480 g/mol. The first kappa shape index (κ1) is 22.1. The summed E-state index contributed by atoms with van der Waals surface area (Å²) in [4.78, 5) is 32.5. The van der Waals surface area contributed by atoms with Gasteiger partial charge < -0.3 is 14.2 Å². The molecule has 5 rings (SSSR count). The van der Waals surface area contributed by atoms with Crippen LogP contribution in [0.3, 0.4) is 0 Å². The molecule has 8 nitrogen and oxygen atoms in total. The molecular weight excluding hydrogens is 465 g/mol. The zero-order valence-electron chi connectivity index (χ0n) is 18.0. The van der Waals surface area contributed by atoms with Crippen molar-refractivity contribution in [3.63, 3.8) is 0 Å². The van der Waals surface area contributed by atoms with E-state index in [0.29, 0.717) is 17.0 Å². The Labute approximate surface area is 194 Å². The number of hydrogen-bond donors (Lipinski definition) is 1. The Kier molecular flexibility index (Phi) is 5.24. The zero-order valence-corrected chi connectivity index (χ0v) is 18.0. The highest BCUT2D eigenvalue weighted by Crippen LogP contribution is 2.32. The van der Waals surface area contributed by atoms with Gasteiger partial charge in [0.25, 0.3) is 11.4 Å². The SMILES string of the molecule is COc1ccc(-n2c(=O)[nH]c3cc(-c4nc(-c5cccc(C(F)(F)F)c5)no4)ccc3c2=O)cc1. The molecule has 3 aromatic carbocycles. The first-order valence-electron chi connectivity index (χ1n) is 10.2. The predicted octanol–water partition coefficient (Wildman–Crippen LogP) is 4.42. The summed E-state index contributed by atoms with van der Waals surface area (Å²) in [5.74, 6) is 0.557. The molecule has 0 spiro atoms. The van der Waals surface area contributed by atoms with Gasteiger partial charge in [-0.05, 0) is 54.6 Å². The first-order chi connectivity index (χ1) is 16.7. The van der Waals surface area contributed by atoms with E-state index in [1.165, 1.54) is 31.4 Å². The number of benzene rings is 3. The number of nitrogens with zero attached hydrogens (tertiary/aromatic N) is 3. The highest BCUT2D eigenvalue weighted by molar-refractivity contribution is 5.82. The van der Waals surface area contributed by atoms with E-state index in [0.717, 1.165) is 16.7 Å². The Morgan fingerprint density at radius 3 is 2.46 bits per heavy atom. The van der Waals surface area contributed by atoms with E-state index in [-0.39, 0.29) is 28.2 Å². The van der Waals surface area contributed by atoms with Crippen LogP contribution in [-0.4, -0.2) is 26.8 Å². The van der Waals surface area contributed by atoms with Crippen LogP contribution in [-0.2, 0) is 6.18 Å².